The van der Waals surface area contributed by atoms with Crippen LogP contribution in [0.2, 0.25) is 10.0 Å². The molecule has 0 amide bonds. The third-order valence-corrected chi connectivity index (χ3v) is 3.62. The van der Waals surface area contributed by atoms with Gasteiger partial charge in [0.25, 0.3) is 0 Å². The Hall–Kier alpha value is -1.03. The molecular formula is C14H17Cl2N3. The molecule has 0 aliphatic carbocycles. The molecule has 0 radical (unpaired) electrons. The molecule has 1 N–H and O–H groups in total. The number of nitrogens with zero attached hydrogens (tertiary/aromatic N) is 2. The molecule has 19 heavy (non-hydrogen) atoms. The van der Waals surface area contributed by atoms with Crippen molar-refractivity contribution >= 4 is 23.2 Å². The van der Waals surface area contributed by atoms with Gasteiger partial charge >= 0.3 is 0 Å². The van der Waals surface area contributed by atoms with Gasteiger partial charge in [-0.05, 0) is 37.6 Å². The van der Waals surface area contributed by atoms with Gasteiger partial charge in [-0.3, -0.25) is 0 Å². The van der Waals surface area contributed by atoms with Crippen LogP contribution in [0.3, 0.4) is 0 Å². The van der Waals surface area contributed by atoms with Gasteiger partial charge in [0, 0.05) is 29.3 Å². The van der Waals surface area contributed by atoms with Crippen LogP contribution < -0.4 is 5.32 Å². The van der Waals surface area contributed by atoms with E-state index in [9.17, 15) is 0 Å². The molecular weight excluding hydrogens is 281 g/mol. The predicted octanol–water partition coefficient (Wildman–Crippen LogP) is 3.54. The summed E-state index contributed by atoms with van der Waals surface area (Å²) in [4.78, 5) is 4.14. The molecule has 2 rings (SSSR count). The summed E-state index contributed by atoms with van der Waals surface area (Å²) in [5.74, 6) is 0. The van der Waals surface area contributed by atoms with Crippen LogP contribution in [-0.2, 0) is 19.5 Å². The lowest BCUT2D eigenvalue weighted by Crippen LogP contribution is -2.18. The zero-order valence-electron chi connectivity index (χ0n) is 10.9. The summed E-state index contributed by atoms with van der Waals surface area (Å²) < 4.78 is 2.13. The second kappa shape index (κ2) is 6.94. The van der Waals surface area contributed by atoms with Crippen LogP contribution in [0.1, 0.15) is 18.2 Å². The van der Waals surface area contributed by atoms with Crippen LogP contribution in [0.25, 0.3) is 0 Å². The first-order chi connectivity index (χ1) is 9.20. The molecule has 0 unspecified atom stereocenters. The summed E-state index contributed by atoms with van der Waals surface area (Å²) >= 11 is 12.0. The zero-order chi connectivity index (χ0) is 13.7. The number of aryl methyl sites for hydroxylation is 1. The summed E-state index contributed by atoms with van der Waals surface area (Å²) in [6, 6.07) is 5.63. The predicted molar refractivity (Wildman–Crippen MR) is 79.8 cm³/mol. The Labute approximate surface area is 123 Å². The van der Waals surface area contributed by atoms with Crippen LogP contribution in [-0.4, -0.2) is 16.1 Å². The van der Waals surface area contributed by atoms with Crippen molar-refractivity contribution in [2.45, 2.75) is 26.4 Å². The van der Waals surface area contributed by atoms with Crippen LogP contribution in [0.15, 0.2) is 30.7 Å². The molecule has 0 fully saturated rings. The number of rotatable bonds is 6. The molecule has 1 heterocycles. The van der Waals surface area contributed by atoms with Crippen LogP contribution in [0.5, 0.6) is 0 Å². The molecule has 0 saturated carbocycles. The van der Waals surface area contributed by atoms with E-state index < -0.39 is 0 Å². The van der Waals surface area contributed by atoms with E-state index in [2.05, 4.69) is 21.8 Å². The van der Waals surface area contributed by atoms with Crippen molar-refractivity contribution in [3.05, 3.63) is 52.0 Å². The minimum atomic E-state index is 0.675. The van der Waals surface area contributed by atoms with Crippen molar-refractivity contribution in [1.29, 1.82) is 0 Å². The summed E-state index contributed by atoms with van der Waals surface area (Å²) in [5.41, 5.74) is 2.31. The molecule has 1 aromatic carbocycles. The normalized spacial score (nSPS) is 10.9. The Balaban J connectivity index is 1.81. The Kier molecular flexibility index (Phi) is 5.25. The maximum absolute atomic E-state index is 6.13. The summed E-state index contributed by atoms with van der Waals surface area (Å²) in [7, 11) is 0. The number of benzene rings is 1. The third-order valence-electron chi connectivity index (χ3n) is 3.03. The Morgan fingerprint density at radius 3 is 2.89 bits per heavy atom. The van der Waals surface area contributed by atoms with Gasteiger partial charge in [-0.2, -0.15) is 0 Å². The fourth-order valence-corrected chi connectivity index (χ4v) is 2.45. The highest BCUT2D eigenvalue weighted by Gasteiger charge is 2.02. The first-order valence-electron chi connectivity index (χ1n) is 6.34. The average Bonchev–Trinajstić information content (AvgIpc) is 2.84. The van der Waals surface area contributed by atoms with Crippen molar-refractivity contribution in [1.82, 2.24) is 14.9 Å². The third kappa shape index (κ3) is 3.96. The Bertz CT molecular complexity index is 537. The van der Waals surface area contributed by atoms with Crippen LogP contribution >= 0.6 is 23.2 Å². The SMILES string of the molecule is CCn1cncc1CNCCc1ccc(Cl)cc1Cl. The zero-order valence-corrected chi connectivity index (χ0v) is 12.4. The van der Waals surface area contributed by atoms with Gasteiger partial charge in [0.05, 0.1) is 12.0 Å². The highest BCUT2D eigenvalue weighted by Crippen LogP contribution is 2.21. The van der Waals surface area contributed by atoms with Crippen molar-refractivity contribution in [3.63, 3.8) is 0 Å². The van der Waals surface area contributed by atoms with Crippen molar-refractivity contribution in [2.24, 2.45) is 0 Å². The van der Waals surface area contributed by atoms with Gasteiger partial charge in [-0.25, -0.2) is 4.98 Å². The van der Waals surface area contributed by atoms with E-state index in [-0.39, 0.29) is 0 Å². The smallest absolute Gasteiger partial charge is 0.0948 e. The summed E-state index contributed by atoms with van der Waals surface area (Å²) in [5, 5.41) is 4.80. The second-order valence-electron chi connectivity index (χ2n) is 4.33. The molecule has 0 atom stereocenters. The fourth-order valence-electron chi connectivity index (χ4n) is 1.94. The lowest BCUT2D eigenvalue weighted by Gasteiger charge is -2.08. The molecule has 3 nitrogen and oxygen atoms in total. The minimum Gasteiger partial charge on any atom is -0.334 e. The molecule has 0 spiro atoms. The Morgan fingerprint density at radius 2 is 2.16 bits per heavy atom. The molecule has 5 heteroatoms. The molecule has 0 bridgehead atoms. The first-order valence-corrected chi connectivity index (χ1v) is 7.10. The van der Waals surface area contributed by atoms with Crippen molar-refractivity contribution in [3.8, 4) is 0 Å². The van der Waals surface area contributed by atoms with Crippen molar-refractivity contribution < 1.29 is 0 Å². The van der Waals surface area contributed by atoms with E-state index in [1.807, 2.05) is 24.7 Å². The summed E-state index contributed by atoms with van der Waals surface area (Å²) in [6.45, 7) is 4.74. The largest absolute Gasteiger partial charge is 0.334 e. The van der Waals surface area contributed by atoms with Gasteiger partial charge in [-0.1, -0.05) is 29.3 Å². The molecule has 0 aliphatic heterocycles. The van der Waals surface area contributed by atoms with E-state index in [1.54, 1.807) is 6.07 Å². The van der Waals surface area contributed by atoms with Crippen LogP contribution in [0.4, 0.5) is 0 Å². The number of nitrogens with one attached hydrogen (secondary N) is 1. The second-order valence-corrected chi connectivity index (χ2v) is 5.18. The average molecular weight is 298 g/mol. The van der Waals surface area contributed by atoms with Gasteiger partial charge < -0.3 is 9.88 Å². The molecule has 102 valence electrons. The fraction of sp³-hybridized carbons (Fsp3) is 0.357. The van der Waals surface area contributed by atoms with Gasteiger partial charge in [-0.15, -0.1) is 0 Å². The molecule has 0 saturated heterocycles. The maximum Gasteiger partial charge on any atom is 0.0948 e. The lowest BCUT2D eigenvalue weighted by atomic mass is 10.1. The number of halogens is 2. The monoisotopic (exact) mass is 297 g/mol. The number of hydrogen-bond donors (Lipinski definition) is 1. The number of aromatic nitrogens is 2. The van der Waals surface area contributed by atoms with Gasteiger partial charge in [0.1, 0.15) is 0 Å². The van der Waals surface area contributed by atoms with E-state index in [0.717, 1.165) is 36.6 Å². The summed E-state index contributed by atoms with van der Waals surface area (Å²) in [6.07, 6.45) is 4.63. The molecule has 1 aromatic heterocycles. The highest BCUT2D eigenvalue weighted by atomic mass is 35.5. The van der Waals surface area contributed by atoms with Gasteiger partial charge in [0.2, 0.25) is 0 Å². The Morgan fingerprint density at radius 1 is 1.32 bits per heavy atom. The highest BCUT2D eigenvalue weighted by molar-refractivity contribution is 6.35. The maximum atomic E-state index is 6.13. The topological polar surface area (TPSA) is 29.9 Å². The van der Waals surface area contributed by atoms with E-state index in [4.69, 9.17) is 23.2 Å². The van der Waals surface area contributed by atoms with E-state index in [1.165, 1.54) is 5.69 Å². The standard InChI is InChI=1S/C14H17Cl2N3/c1-2-19-10-18-9-13(19)8-17-6-5-11-3-4-12(15)7-14(11)16/h3-4,7,9-10,17H,2,5-6,8H2,1H3. The van der Waals surface area contributed by atoms with E-state index >= 15 is 0 Å². The number of imidazole rings is 1. The minimum absolute atomic E-state index is 0.675. The first kappa shape index (κ1) is 14.4. The van der Waals surface area contributed by atoms with Gasteiger partial charge in [0.15, 0.2) is 0 Å². The quantitative estimate of drug-likeness (QED) is 0.827. The number of hydrogen-bond acceptors (Lipinski definition) is 2. The lowest BCUT2D eigenvalue weighted by molar-refractivity contribution is 0.628. The van der Waals surface area contributed by atoms with Crippen molar-refractivity contribution in [2.75, 3.05) is 6.54 Å². The van der Waals surface area contributed by atoms with E-state index in [0.29, 0.717) is 5.02 Å². The molecule has 0 aliphatic rings. The van der Waals surface area contributed by atoms with Crippen LogP contribution in [0, 0.1) is 0 Å². The molecule has 2 aromatic rings.